The van der Waals surface area contributed by atoms with E-state index < -0.39 is 11.6 Å². The van der Waals surface area contributed by atoms with E-state index in [-0.39, 0.29) is 12.6 Å². The van der Waals surface area contributed by atoms with E-state index >= 15 is 0 Å². The van der Waals surface area contributed by atoms with Gasteiger partial charge in [-0.2, -0.15) is 0 Å². The molecule has 5 heteroatoms. The average Bonchev–Trinajstić information content (AvgIpc) is 2.46. The number of hydrogen-bond donors (Lipinski definition) is 0. The molecule has 1 aliphatic rings. The lowest BCUT2D eigenvalue weighted by Gasteiger charge is -2.25. The number of esters is 1. The fourth-order valence-corrected chi connectivity index (χ4v) is 1.77. The number of rotatable bonds is 6. The summed E-state index contributed by atoms with van der Waals surface area (Å²) in [6, 6.07) is 0. The van der Waals surface area contributed by atoms with E-state index in [0.717, 1.165) is 0 Å². The van der Waals surface area contributed by atoms with Crippen LogP contribution in [0.2, 0.25) is 0 Å². The van der Waals surface area contributed by atoms with Crippen LogP contribution in [0, 0.1) is 0 Å². The van der Waals surface area contributed by atoms with E-state index in [9.17, 15) is 9.59 Å². The molecule has 1 rings (SSSR count). The van der Waals surface area contributed by atoms with Crippen LogP contribution in [0.5, 0.6) is 0 Å². The molecule has 0 bridgehead atoms. The van der Waals surface area contributed by atoms with Crippen molar-refractivity contribution in [3.05, 3.63) is 11.3 Å². The minimum Gasteiger partial charge on any atom is -0.467 e. The Morgan fingerprint density at radius 1 is 1.47 bits per heavy atom. The number of carbonyl (C=O) groups excluding carboxylic acids is 2. The Labute approximate surface area is 101 Å². The van der Waals surface area contributed by atoms with Gasteiger partial charge in [-0.1, -0.05) is 0 Å². The van der Waals surface area contributed by atoms with E-state index in [2.05, 4.69) is 0 Å². The van der Waals surface area contributed by atoms with E-state index in [1.54, 1.807) is 13.8 Å². The minimum absolute atomic E-state index is 0.0536. The molecule has 96 valence electrons. The maximum atomic E-state index is 11.5. The zero-order chi connectivity index (χ0) is 13.1. The lowest BCUT2D eigenvalue weighted by Crippen LogP contribution is -2.30. The Kier molecular flexibility index (Phi) is 4.28. The highest BCUT2D eigenvalue weighted by atomic mass is 16.7. The Morgan fingerprint density at radius 3 is 2.65 bits per heavy atom. The molecule has 0 saturated heterocycles. The number of cyclic esters (lactones) is 1. The molecule has 0 aromatic heterocycles. The predicted octanol–water partition coefficient (Wildman–Crippen LogP) is 1.57. The summed E-state index contributed by atoms with van der Waals surface area (Å²) in [7, 11) is 1.50. The minimum atomic E-state index is -0.856. The quantitative estimate of drug-likeness (QED) is 0.522. The molecular formula is C12H18O5. The van der Waals surface area contributed by atoms with Crippen molar-refractivity contribution in [1.82, 2.24) is 0 Å². The van der Waals surface area contributed by atoms with Crippen molar-refractivity contribution in [2.45, 2.75) is 39.2 Å². The molecule has 0 saturated carbocycles. The number of carbonyl (C=O) groups is 2. The molecule has 0 aromatic rings. The van der Waals surface area contributed by atoms with Crippen molar-refractivity contribution < 1.29 is 23.8 Å². The van der Waals surface area contributed by atoms with Crippen molar-refractivity contribution in [1.29, 1.82) is 0 Å². The van der Waals surface area contributed by atoms with Gasteiger partial charge in [0.15, 0.2) is 18.2 Å². The Hall–Kier alpha value is -1.36. The molecule has 5 nitrogen and oxygen atoms in total. The van der Waals surface area contributed by atoms with Crippen LogP contribution in [-0.4, -0.2) is 31.3 Å². The zero-order valence-corrected chi connectivity index (χ0v) is 10.7. The lowest BCUT2D eigenvalue weighted by molar-refractivity contribution is -0.149. The van der Waals surface area contributed by atoms with Gasteiger partial charge in [-0.05, 0) is 20.8 Å². The van der Waals surface area contributed by atoms with Crippen LogP contribution in [0.25, 0.3) is 0 Å². The van der Waals surface area contributed by atoms with Crippen molar-refractivity contribution in [2.24, 2.45) is 0 Å². The number of methoxy groups -OCH3 is 1. The van der Waals surface area contributed by atoms with Gasteiger partial charge in [-0.25, -0.2) is 4.79 Å². The largest absolute Gasteiger partial charge is 0.467 e. The van der Waals surface area contributed by atoms with Crippen LogP contribution in [0.4, 0.5) is 0 Å². The topological polar surface area (TPSA) is 61.8 Å². The fraction of sp³-hybridized carbons (Fsp3) is 0.667. The molecule has 0 spiro atoms. The van der Waals surface area contributed by atoms with Gasteiger partial charge in [-0.15, -0.1) is 0 Å². The average molecular weight is 242 g/mol. The highest BCUT2D eigenvalue weighted by Gasteiger charge is 2.44. The summed E-state index contributed by atoms with van der Waals surface area (Å²) in [6.07, 6.45) is 0.765. The third-order valence-electron chi connectivity index (χ3n) is 2.72. The van der Waals surface area contributed by atoms with Crippen LogP contribution in [0.1, 0.15) is 33.6 Å². The van der Waals surface area contributed by atoms with Crippen molar-refractivity contribution in [2.75, 3.05) is 13.9 Å². The van der Waals surface area contributed by atoms with Crippen LogP contribution in [-0.2, 0) is 23.8 Å². The number of ether oxygens (including phenoxy) is 3. The molecule has 0 fully saturated rings. The summed E-state index contributed by atoms with van der Waals surface area (Å²) in [5.74, 6) is 0.116. The van der Waals surface area contributed by atoms with Crippen molar-refractivity contribution >= 4 is 11.8 Å². The Balaban J connectivity index is 2.83. The molecule has 0 aromatic carbocycles. The standard InChI is InChI=1S/C12H18O5/c1-8(13)5-6-12(3)10(16-7-15-4)9(2)11(14)17-12/h5-7H2,1-4H3. The van der Waals surface area contributed by atoms with Gasteiger partial charge in [0, 0.05) is 20.0 Å². The lowest BCUT2D eigenvalue weighted by atomic mass is 9.96. The van der Waals surface area contributed by atoms with Crippen LogP contribution in [0.15, 0.2) is 11.3 Å². The first kappa shape index (κ1) is 13.7. The first-order chi connectivity index (χ1) is 7.90. The van der Waals surface area contributed by atoms with E-state index in [1.165, 1.54) is 14.0 Å². The van der Waals surface area contributed by atoms with E-state index in [0.29, 0.717) is 24.2 Å². The smallest absolute Gasteiger partial charge is 0.338 e. The van der Waals surface area contributed by atoms with Gasteiger partial charge in [0.1, 0.15) is 5.78 Å². The third-order valence-corrected chi connectivity index (χ3v) is 2.72. The molecule has 0 radical (unpaired) electrons. The van der Waals surface area contributed by atoms with Gasteiger partial charge in [0.2, 0.25) is 0 Å². The molecule has 0 aliphatic carbocycles. The molecule has 17 heavy (non-hydrogen) atoms. The maximum absolute atomic E-state index is 11.5. The highest BCUT2D eigenvalue weighted by molar-refractivity contribution is 5.92. The van der Waals surface area contributed by atoms with Gasteiger partial charge in [0.25, 0.3) is 0 Å². The first-order valence-corrected chi connectivity index (χ1v) is 5.46. The fourth-order valence-electron chi connectivity index (χ4n) is 1.77. The van der Waals surface area contributed by atoms with Gasteiger partial charge >= 0.3 is 5.97 Å². The van der Waals surface area contributed by atoms with Crippen molar-refractivity contribution in [3.63, 3.8) is 0 Å². The summed E-state index contributed by atoms with van der Waals surface area (Å²) in [6.45, 7) is 4.95. The maximum Gasteiger partial charge on any atom is 0.338 e. The number of ketones is 1. The third kappa shape index (κ3) is 3.06. The normalized spacial score (nSPS) is 23.9. The van der Waals surface area contributed by atoms with Gasteiger partial charge < -0.3 is 19.0 Å². The zero-order valence-electron chi connectivity index (χ0n) is 10.7. The van der Waals surface area contributed by atoms with Gasteiger partial charge in [-0.3, -0.25) is 0 Å². The summed E-state index contributed by atoms with van der Waals surface area (Å²) in [5.41, 5.74) is -0.418. The second-order valence-electron chi connectivity index (χ2n) is 4.33. The van der Waals surface area contributed by atoms with Crippen LogP contribution < -0.4 is 0 Å². The Bertz CT molecular complexity index is 358. The predicted molar refractivity (Wildman–Crippen MR) is 60.1 cm³/mol. The number of hydrogen-bond acceptors (Lipinski definition) is 5. The molecular weight excluding hydrogens is 224 g/mol. The van der Waals surface area contributed by atoms with Crippen molar-refractivity contribution in [3.8, 4) is 0 Å². The summed E-state index contributed by atoms with van der Waals surface area (Å²) >= 11 is 0. The second-order valence-corrected chi connectivity index (χ2v) is 4.33. The van der Waals surface area contributed by atoms with Crippen LogP contribution in [0.3, 0.4) is 0 Å². The molecule has 1 aliphatic heterocycles. The first-order valence-electron chi connectivity index (χ1n) is 5.46. The summed E-state index contributed by atoms with van der Waals surface area (Å²) in [4.78, 5) is 22.5. The molecule has 1 unspecified atom stereocenters. The highest BCUT2D eigenvalue weighted by Crippen LogP contribution is 2.36. The molecule has 1 atom stereocenters. The molecule has 0 N–H and O–H groups in total. The molecule has 0 amide bonds. The Morgan fingerprint density at radius 2 is 2.12 bits per heavy atom. The van der Waals surface area contributed by atoms with Crippen LogP contribution >= 0.6 is 0 Å². The van der Waals surface area contributed by atoms with E-state index in [4.69, 9.17) is 14.2 Å². The second kappa shape index (κ2) is 5.31. The molecule has 1 heterocycles. The number of Topliss-reactive ketones (excluding diaryl/α,β-unsaturated/α-hetero) is 1. The van der Waals surface area contributed by atoms with Gasteiger partial charge in [0.05, 0.1) is 5.57 Å². The summed E-state index contributed by atoms with van der Waals surface area (Å²) in [5, 5.41) is 0. The monoisotopic (exact) mass is 242 g/mol. The SMILES string of the molecule is COCOC1=C(C)C(=O)OC1(C)CCC(C)=O. The summed E-state index contributed by atoms with van der Waals surface area (Å²) < 4.78 is 15.5. The van der Waals surface area contributed by atoms with E-state index in [1.807, 2.05) is 0 Å².